The van der Waals surface area contributed by atoms with Crippen LogP contribution in [0.15, 0.2) is 36.4 Å². The SMILES string of the molecule is Cc1cc(C(N)=S)cc(N(C)Cc2cccc(F)c2)n1. The molecular weight excluding hydrogens is 273 g/mol. The molecule has 0 aliphatic heterocycles. The van der Waals surface area contributed by atoms with E-state index in [1.54, 1.807) is 6.07 Å². The van der Waals surface area contributed by atoms with E-state index >= 15 is 0 Å². The lowest BCUT2D eigenvalue weighted by molar-refractivity contribution is 0.625. The Morgan fingerprint density at radius 1 is 1.35 bits per heavy atom. The summed E-state index contributed by atoms with van der Waals surface area (Å²) in [5, 5.41) is 0. The van der Waals surface area contributed by atoms with E-state index in [1.165, 1.54) is 12.1 Å². The fourth-order valence-corrected chi connectivity index (χ4v) is 2.10. The van der Waals surface area contributed by atoms with Crippen molar-refractivity contribution in [3.05, 3.63) is 59.0 Å². The first kappa shape index (κ1) is 14.4. The van der Waals surface area contributed by atoms with Crippen molar-refractivity contribution >= 4 is 23.0 Å². The van der Waals surface area contributed by atoms with Crippen molar-refractivity contribution < 1.29 is 4.39 Å². The summed E-state index contributed by atoms with van der Waals surface area (Å²) in [5.74, 6) is 0.522. The Morgan fingerprint density at radius 3 is 2.75 bits per heavy atom. The maximum Gasteiger partial charge on any atom is 0.129 e. The van der Waals surface area contributed by atoms with Gasteiger partial charge in [0.25, 0.3) is 0 Å². The largest absolute Gasteiger partial charge is 0.389 e. The average Bonchev–Trinajstić information content (AvgIpc) is 2.37. The third kappa shape index (κ3) is 3.51. The molecule has 20 heavy (non-hydrogen) atoms. The summed E-state index contributed by atoms with van der Waals surface area (Å²) in [7, 11) is 1.90. The summed E-state index contributed by atoms with van der Waals surface area (Å²) in [4.78, 5) is 6.73. The molecule has 0 saturated carbocycles. The molecule has 0 bridgehead atoms. The summed E-state index contributed by atoms with van der Waals surface area (Å²) < 4.78 is 13.2. The Morgan fingerprint density at radius 2 is 2.10 bits per heavy atom. The lowest BCUT2D eigenvalue weighted by Crippen LogP contribution is -2.19. The molecule has 1 heterocycles. The number of hydrogen-bond donors (Lipinski definition) is 1. The standard InChI is InChI=1S/C15H16FN3S/c1-10-6-12(15(17)20)8-14(18-10)19(2)9-11-4-3-5-13(16)7-11/h3-8H,9H2,1-2H3,(H2,17,20). The highest BCUT2D eigenvalue weighted by molar-refractivity contribution is 7.80. The molecule has 0 aliphatic rings. The first-order chi connectivity index (χ1) is 9.45. The van der Waals surface area contributed by atoms with Gasteiger partial charge in [0.2, 0.25) is 0 Å². The minimum Gasteiger partial charge on any atom is -0.389 e. The van der Waals surface area contributed by atoms with Crippen molar-refractivity contribution in [1.82, 2.24) is 4.98 Å². The van der Waals surface area contributed by atoms with E-state index in [0.717, 1.165) is 22.6 Å². The lowest BCUT2D eigenvalue weighted by atomic mass is 10.2. The Balaban J connectivity index is 2.25. The molecule has 3 nitrogen and oxygen atoms in total. The molecule has 104 valence electrons. The molecule has 0 atom stereocenters. The summed E-state index contributed by atoms with van der Waals surface area (Å²) >= 11 is 5.00. The number of anilines is 1. The van der Waals surface area contributed by atoms with Crippen molar-refractivity contribution in [2.45, 2.75) is 13.5 Å². The zero-order chi connectivity index (χ0) is 14.7. The Labute approximate surface area is 123 Å². The number of pyridine rings is 1. The first-order valence-electron chi connectivity index (χ1n) is 6.20. The van der Waals surface area contributed by atoms with E-state index in [0.29, 0.717) is 11.5 Å². The topological polar surface area (TPSA) is 42.1 Å². The Hall–Kier alpha value is -2.01. The quantitative estimate of drug-likeness (QED) is 0.879. The summed E-state index contributed by atoms with van der Waals surface area (Å²) in [6, 6.07) is 10.2. The predicted octanol–water partition coefficient (Wildman–Crippen LogP) is 2.80. The lowest BCUT2D eigenvalue weighted by Gasteiger charge is -2.19. The van der Waals surface area contributed by atoms with E-state index in [-0.39, 0.29) is 5.82 Å². The van der Waals surface area contributed by atoms with Crippen LogP contribution in [-0.4, -0.2) is 17.0 Å². The van der Waals surface area contributed by atoms with Gasteiger partial charge in [-0.25, -0.2) is 9.37 Å². The monoisotopic (exact) mass is 289 g/mol. The van der Waals surface area contributed by atoms with Crippen molar-refractivity contribution in [2.24, 2.45) is 5.73 Å². The number of thiocarbonyl (C=S) groups is 1. The number of halogens is 1. The van der Waals surface area contributed by atoms with Crippen LogP contribution in [0.1, 0.15) is 16.8 Å². The molecule has 0 spiro atoms. The van der Waals surface area contributed by atoms with Gasteiger partial charge in [0.1, 0.15) is 16.6 Å². The third-order valence-electron chi connectivity index (χ3n) is 2.92. The van der Waals surface area contributed by atoms with Crippen LogP contribution in [0.3, 0.4) is 0 Å². The average molecular weight is 289 g/mol. The summed E-state index contributed by atoms with van der Waals surface area (Å²) in [6.07, 6.45) is 0. The maximum absolute atomic E-state index is 13.2. The number of rotatable bonds is 4. The first-order valence-corrected chi connectivity index (χ1v) is 6.60. The van der Waals surface area contributed by atoms with E-state index in [4.69, 9.17) is 18.0 Å². The number of aromatic nitrogens is 1. The van der Waals surface area contributed by atoms with E-state index in [2.05, 4.69) is 4.98 Å². The molecule has 5 heteroatoms. The second kappa shape index (κ2) is 5.96. The van der Waals surface area contributed by atoms with Gasteiger partial charge in [-0.2, -0.15) is 0 Å². The minimum atomic E-state index is -0.239. The number of nitrogens with zero attached hydrogens (tertiary/aromatic N) is 2. The maximum atomic E-state index is 13.2. The van der Waals surface area contributed by atoms with Gasteiger partial charge in [0, 0.05) is 24.8 Å². The van der Waals surface area contributed by atoms with Crippen LogP contribution in [-0.2, 0) is 6.54 Å². The zero-order valence-corrected chi connectivity index (χ0v) is 12.2. The summed E-state index contributed by atoms with van der Waals surface area (Å²) in [6.45, 7) is 2.45. The number of aryl methyl sites for hydroxylation is 1. The highest BCUT2D eigenvalue weighted by Crippen LogP contribution is 2.16. The van der Waals surface area contributed by atoms with Crippen LogP contribution in [0.2, 0.25) is 0 Å². The van der Waals surface area contributed by atoms with Crippen LogP contribution >= 0.6 is 12.2 Å². The highest BCUT2D eigenvalue weighted by atomic mass is 32.1. The molecule has 1 aromatic heterocycles. The van der Waals surface area contributed by atoms with Crippen LogP contribution in [0, 0.1) is 12.7 Å². The molecular formula is C15H16FN3S. The highest BCUT2D eigenvalue weighted by Gasteiger charge is 2.08. The molecule has 0 amide bonds. The molecule has 2 N–H and O–H groups in total. The van der Waals surface area contributed by atoms with Crippen molar-refractivity contribution in [1.29, 1.82) is 0 Å². The number of hydrogen-bond acceptors (Lipinski definition) is 3. The fourth-order valence-electron chi connectivity index (χ4n) is 1.98. The fraction of sp³-hybridized carbons (Fsp3) is 0.200. The van der Waals surface area contributed by atoms with Gasteiger partial charge in [0.15, 0.2) is 0 Å². The predicted molar refractivity (Wildman–Crippen MR) is 83.4 cm³/mol. The molecule has 1 aromatic carbocycles. The van der Waals surface area contributed by atoms with Gasteiger partial charge in [-0.15, -0.1) is 0 Å². The molecule has 2 aromatic rings. The van der Waals surface area contributed by atoms with Gasteiger partial charge in [-0.1, -0.05) is 24.4 Å². The molecule has 0 unspecified atom stereocenters. The second-order valence-electron chi connectivity index (χ2n) is 4.71. The van der Waals surface area contributed by atoms with Crippen molar-refractivity contribution in [3.8, 4) is 0 Å². The second-order valence-corrected chi connectivity index (χ2v) is 5.15. The number of nitrogens with two attached hydrogens (primary N) is 1. The van der Waals surface area contributed by atoms with Gasteiger partial charge < -0.3 is 10.6 Å². The van der Waals surface area contributed by atoms with Crippen LogP contribution < -0.4 is 10.6 Å². The van der Waals surface area contributed by atoms with Crippen LogP contribution in [0.4, 0.5) is 10.2 Å². The smallest absolute Gasteiger partial charge is 0.129 e. The van der Waals surface area contributed by atoms with Crippen LogP contribution in [0.25, 0.3) is 0 Å². The van der Waals surface area contributed by atoms with Crippen LogP contribution in [0.5, 0.6) is 0 Å². The van der Waals surface area contributed by atoms with Gasteiger partial charge >= 0.3 is 0 Å². The Kier molecular flexibility index (Phi) is 4.29. The zero-order valence-electron chi connectivity index (χ0n) is 11.4. The van der Waals surface area contributed by atoms with Crippen molar-refractivity contribution in [3.63, 3.8) is 0 Å². The Bertz CT molecular complexity index is 643. The molecule has 0 fully saturated rings. The number of benzene rings is 1. The van der Waals surface area contributed by atoms with Gasteiger partial charge in [-0.3, -0.25) is 0 Å². The molecule has 0 saturated heterocycles. The summed E-state index contributed by atoms with van der Waals surface area (Å²) in [5.41, 5.74) is 8.17. The minimum absolute atomic E-state index is 0.239. The van der Waals surface area contributed by atoms with Gasteiger partial charge in [0.05, 0.1) is 0 Å². The van der Waals surface area contributed by atoms with E-state index in [9.17, 15) is 4.39 Å². The molecule has 0 aliphatic carbocycles. The van der Waals surface area contributed by atoms with Crippen molar-refractivity contribution in [2.75, 3.05) is 11.9 Å². The molecule has 0 radical (unpaired) electrons. The molecule has 2 rings (SSSR count). The van der Waals surface area contributed by atoms with E-state index in [1.807, 2.05) is 37.1 Å². The van der Waals surface area contributed by atoms with E-state index < -0.39 is 0 Å². The normalized spacial score (nSPS) is 10.3. The van der Waals surface area contributed by atoms with Gasteiger partial charge in [-0.05, 0) is 36.8 Å². The third-order valence-corrected chi connectivity index (χ3v) is 3.16.